The summed E-state index contributed by atoms with van der Waals surface area (Å²) in [6.07, 6.45) is 0.912. The van der Waals surface area contributed by atoms with Crippen LogP contribution in [-0.2, 0) is 6.42 Å². The van der Waals surface area contributed by atoms with Gasteiger partial charge in [-0.3, -0.25) is 0 Å². The molecular formula is C16H22O2Te. The van der Waals surface area contributed by atoms with Gasteiger partial charge in [-0.2, -0.15) is 0 Å². The molecule has 0 radical (unpaired) electrons. The van der Waals surface area contributed by atoms with Crippen molar-refractivity contribution in [3.8, 4) is 0 Å². The summed E-state index contributed by atoms with van der Waals surface area (Å²) in [6, 6.07) is 5.45. The third-order valence-corrected chi connectivity index (χ3v) is 6.43. The van der Waals surface area contributed by atoms with Gasteiger partial charge in [-0.1, -0.05) is 0 Å². The molecule has 0 aliphatic carbocycles. The third-order valence-electron chi connectivity index (χ3n) is 2.80. The molecule has 0 aliphatic heterocycles. The van der Waals surface area contributed by atoms with Gasteiger partial charge < -0.3 is 0 Å². The summed E-state index contributed by atoms with van der Waals surface area (Å²) in [5.74, 6) is 0.144. The average molecular weight is 374 g/mol. The Bertz CT molecular complexity index is 484. The van der Waals surface area contributed by atoms with Crippen molar-refractivity contribution < 1.29 is 9.59 Å². The first-order valence-corrected chi connectivity index (χ1v) is 9.31. The fraction of sp³-hybridized carbons (Fsp3) is 0.500. The number of carbonyl (C=O) groups excluding carboxylic acids is 2. The number of aryl methyl sites for hydroxylation is 1. The molecule has 0 unspecified atom stereocenters. The van der Waals surface area contributed by atoms with E-state index in [1.54, 1.807) is 26.0 Å². The van der Waals surface area contributed by atoms with Crippen LogP contribution in [0.25, 0.3) is 0 Å². The summed E-state index contributed by atoms with van der Waals surface area (Å²) < 4.78 is 1.59. The zero-order chi connectivity index (χ0) is 14.6. The van der Waals surface area contributed by atoms with Crippen LogP contribution >= 0.6 is 0 Å². The van der Waals surface area contributed by atoms with E-state index >= 15 is 0 Å². The Kier molecular flexibility index (Phi) is 5.77. The molecule has 1 aromatic rings. The molecule has 2 nitrogen and oxygen atoms in total. The minimum atomic E-state index is -0.0814. The molecule has 0 N–H and O–H groups in total. The van der Waals surface area contributed by atoms with Gasteiger partial charge in [0.1, 0.15) is 0 Å². The minimum absolute atomic E-state index is 0.0589. The Labute approximate surface area is 126 Å². The van der Waals surface area contributed by atoms with Crippen molar-refractivity contribution in [2.24, 2.45) is 0 Å². The number of carbonyl (C=O) groups is 2. The maximum atomic E-state index is 11.6. The van der Waals surface area contributed by atoms with Gasteiger partial charge >= 0.3 is 126 Å². The van der Waals surface area contributed by atoms with Gasteiger partial charge in [-0.15, -0.1) is 0 Å². The van der Waals surface area contributed by atoms with E-state index in [0.29, 0.717) is 9.03 Å². The van der Waals surface area contributed by atoms with E-state index in [4.69, 9.17) is 0 Å². The summed E-state index contributed by atoms with van der Waals surface area (Å²) in [7, 11) is 0. The molecule has 0 saturated heterocycles. The number of hydrogen-bond acceptors (Lipinski definition) is 2. The summed E-state index contributed by atoms with van der Waals surface area (Å²) in [4.78, 5) is 23.1. The van der Waals surface area contributed by atoms with Gasteiger partial charge in [0.25, 0.3) is 0 Å². The van der Waals surface area contributed by atoms with Crippen molar-refractivity contribution in [2.45, 2.75) is 49.0 Å². The van der Waals surface area contributed by atoms with E-state index in [2.05, 4.69) is 20.8 Å². The third kappa shape index (κ3) is 5.46. The Morgan fingerprint density at radius 1 is 1.11 bits per heavy atom. The van der Waals surface area contributed by atoms with Crippen LogP contribution in [0.1, 0.15) is 60.9 Å². The zero-order valence-corrected chi connectivity index (χ0v) is 14.7. The van der Waals surface area contributed by atoms with Gasteiger partial charge in [0, 0.05) is 0 Å². The molecule has 0 atom stereocenters. The van der Waals surface area contributed by atoms with Crippen molar-refractivity contribution >= 4 is 32.5 Å². The summed E-state index contributed by atoms with van der Waals surface area (Å²) in [5.41, 5.74) is 2.51. The number of rotatable bonds is 5. The first kappa shape index (κ1) is 16.4. The molecule has 1 aromatic carbocycles. The van der Waals surface area contributed by atoms with Crippen molar-refractivity contribution in [1.29, 1.82) is 0 Å². The zero-order valence-electron chi connectivity index (χ0n) is 12.4. The van der Waals surface area contributed by atoms with Crippen molar-refractivity contribution in [1.82, 2.24) is 0 Å². The normalized spacial score (nSPS) is 11.4. The number of benzene rings is 1. The molecule has 0 aromatic heterocycles. The van der Waals surface area contributed by atoms with Gasteiger partial charge in [0.2, 0.25) is 0 Å². The first-order chi connectivity index (χ1) is 8.70. The van der Waals surface area contributed by atoms with Crippen LogP contribution in [0.2, 0.25) is 7.93 Å². The van der Waals surface area contributed by atoms with Crippen LogP contribution in [0.4, 0.5) is 0 Å². The van der Waals surface area contributed by atoms with Crippen LogP contribution in [0.5, 0.6) is 0 Å². The Morgan fingerprint density at radius 2 is 1.74 bits per heavy atom. The molecule has 0 aliphatic rings. The topological polar surface area (TPSA) is 34.1 Å². The van der Waals surface area contributed by atoms with Crippen LogP contribution in [0, 0.1) is 0 Å². The number of Topliss-reactive ketones (excluding diaryl/α,β-unsaturated/α-hetero) is 2. The molecule has 0 amide bonds. The van der Waals surface area contributed by atoms with E-state index in [1.807, 2.05) is 6.07 Å². The summed E-state index contributed by atoms with van der Waals surface area (Å²) in [5, 5.41) is 0. The SMILES string of the molecule is CC(=O)c1ccc(C(C)=O)c(CC[Te]C(C)(C)C)c1. The van der Waals surface area contributed by atoms with Crippen molar-refractivity contribution in [3.05, 3.63) is 34.9 Å². The molecule has 0 saturated carbocycles. The summed E-state index contributed by atoms with van der Waals surface area (Å²) in [6.45, 7) is 9.97. The molecule has 0 heterocycles. The van der Waals surface area contributed by atoms with E-state index in [-0.39, 0.29) is 32.5 Å². The molecule has 3 heteroatoms. The summed E-state index contributed by atoms with van der Waals surface area (Å²) >= 11 is -0.0814. The van der Waals surface area contributed by atoms with Gasteiger partial charge in [0.15, 0.2) is 0 Å². The van der Waals surface area contributed by atoms with Crippen LogP contribution in [-0.4, -0.2) is 32.5 Å². The Balaban J connectivity index is 2.92. The predicted octanol–water partition coefficient (Wildman–Crippen LogP) is 3.98. The van der Waals surface area contributed by atoms with Gasteiger partial charge in [-0.25, -0.2) is 0 Å². The molecule has 0 bridgehead atoms. The fourth-order valence-electron chi connectivity index (χ4n) is 1.83. The molecule has 1 rings (SSSR count). The van der Waals surface area contributed by atoms with E-state index in [0.717, 1.165) is 22.0 Å². The Hall–Kier alpha value is -0.650. The maximum absolute atomic E-state index is 11.6. The second-order valence-corrected chi connectivity index (χ2v) is 11.2. The second kappa shape index (κ2) is 6.68. The van der Waals surface area contributed by atoms with Crippen molar-refractivity contribution in [3.63, 3.8) is 0 Å². The van der Waals surface area contributed by atoms with Crippen LogP contribution in [0.15, 0.2) is 18.2 Å². The van der Waals surface area contributed by atoms with Crippen molar-refractivity contribution in [2.75, 3.05) is 0 Å². The molecule has 104 valence electrons. The van der Waals surface area contributed by atoms with Gasteiger partial charge in [-0.05, 0) is 0 Å². The average Bonchev–Trinajstić information content (AvgIpc) is 2.26. The standard InChI is InChI=1S/C16H22O2Te/c1-11(17)13-6-7-15(12(2)18)14(10-13)8-9-19-16(3,4)5/h6-7,10H,8-9H2,1-5H3. The Morgan fingerprint density at radius 3 is 2.21 bits per heavy atom. The van der Waals surface area contributed by atoms with E-state index in [9.17, 15) is 9.59 Å². The number of ketones is 2. The van der Waals surface area contributed by atoms with Crippen LogP contribution in [0.3, 0.4) is 0 Å². The second-order valence-electron chi connectivity index (χ2n) is 5.70. The fourth-order valence-corrected chi connectivity index (χ4v) is 4.50. The molecular weight excluding hydrogens is 352 g/mol. The molecule has 0 fully saturated rings. The quantitative estimate of drug-likeness (QED) is 0.578. The predicted molar refractivity (Wildman–Crippen MR) is 80.4 cm³/mol. The molecule has 19 heavy (non-hydrogen) atoms. The van der Waals surface area contributed by atoms with E-state index in [1.165, 1.54) is 0 Å². The van der Waals surface area contributed by atoms with Gasteiger partial charge in [0.05, 0.1) is 0 Å². The van der Waals surface area contributed by atoms with Crippen LogP contribution < -0.4 is 0 Å². The first-order valence-electron chi connectivity index (χ1n) is 6.49. The molecule has 0 spiro atoms. The van der Waals surface area contributed by atoms with E-state index < -0.39 is 0 Å². The number of hydrogen-bond donors (Lipinski definition) is 0. The monoisotopic (exact) mass is 376 g/mol.